The Hall–Kier alpha value is -0.570. The van der Waals surface area contributed by atoms with E-state index in [0.29, 0.717) is 24.4 Å². The molecule has 1 amide bonds. The molecule has 0 aromatic heterocycles. The molecule has 2 fully saturated rings. The molecule has 1 saturated heterocycles. The summed E-state index contributed by atoms with van der Waals surface area (Å²) in [5.41, 5.74) is 0. The highest BCUT2D eigenvalue weighted by Gasteiger charge is 2.39. The summed E-state index contributed by atoms with van der Waals surface area (Å²) in [4.78, 5) is 14.4. The van der Waals surface area contributed by atoms with Crippen LogP contribution >= 0.6 is 0 Å². The summed E-state index contributed by atoms with van der Waals surface area (Å²) in [7, 11) is 0. The molecule has 1 saturated carbocycles. The Kier molecular flexibility index (Phi) is 4.66. The van der Waals surface area contributed by atoms with E-state index in [0.717, 1.165) is 12.3 Å². The molecule has 104 valence electrons. The van der Waals surface area contributed by atoms with E-state index in [2.05, 4.69) is 31.0 Å². The molecule has 1 N–H and O–H groups in total. The third-order valence-corrected chi connectivity index (χ3v) is 4.65. The highest BCUT2D eigenvalue weighted by atomic mass is 16.2. The third-order valence-electron chi connectivity index (χ3n) is 4.65. The van der Waals surface area contributed by atoms with Crippen molar-refractivity contribution in [1.82, 2.24) is 10.2 Å². The molecule has 1 aliphatic heterocycles. The normalized spacial score (nSPS) is 28.1. The molecule has 2 aliphatic rings. The Morgan fingerprint density at radius 1 is 1.28 bits per heavy atom. The Morgan fingerprint density at radius 2 is 1.94 bits per heavy atom. The number of hydrogen-bond donors (Lipinski definition) is 1. The molecule has 1 heterocycles. The molecular weight excluding hydrogens is 224 g/mol. The van der Waals surface area contributed by atoms with Gasteiger partial charge in [-0.1, -0.05) is 40.0 Å². The minimum Gasteiger partial charge on any atom is -0.323 e. The van der Waals surface area contributed by atoms with Gasteiger partial charge in [0.25, 0.3) is 0 Å². The van der Waals surface area contributed by atoms with Crippen molar-refractivity contribution in [2.24, 2.45) is 11.8 Å². The van der Waals surface area contributed by atoms with Crippen LogP contribution in [0, 0.1) is 11.8 Å². The largest absolute Gasteiger partial charge is 0.323 e. The van der Waals surface area contributed by atoms with E-state index in [1.54, 1.807) is 0 Å². The number of amides is 1. The maximum absolute atomic E-state index is 12.2. The van der Waals surface area contributed by atoms with Crippen LogP contribution in [-0.4, -0.2) is 29.6 Å². The molecule has 2 unspecified atom stereocenters. The van der Waals surface area contributed by atoms with Crippen LogP contribution < -0.4 is 5.32 Å². The lowest BCUT2D eigenvalue weighted by Crippen LogP contribution is -2.50. The van der Waals surface area contributed by atoms with E-state index in [9.17, 15) is 4.79 Å². The Morgan fingerprint density at radius 3 is 2.50 bits per heavy atom. The Labute approximate surface area is 111 Å². The second-order valence-electron chi connectivity index (χ2n) is 6.24. The van der Waals surface area contributed by atoms with Gasteiger partial charge in [0, 0.05) is 6.04 Å². The highest BCUT2D eigenvalue weighted by Crippen LogP contribution is 2.33. The summed E-state index contributed by atoms with van der Waals surface area (Å²) in [6.45, 7) is 7.18. The van der Waals surface area contributed by atoms with E-state index < -0.39 is 0 Å². The number of nitrogens with zero attached hydrogens (tertiary/aromatic N) is 1. The average molecular weight is 252 g/mol. The van der Waals surface area contributed by atoms with Gasteiger partial charge < -0.3 is 4.90 Å². The molecule has 2 atom stereocenters. The highest BCUT2D eigenvalue weighted by molar-refractivity contribution is 5.81. The first-order valence-corrected chi connectivity index (χ1v) is 7.69. The Balaban J connectivity index is 2.11. The van der Waals surface area contributed by atoms with E-state index in [1.165, 1.54) is 32.1 Å². The third kappa shape index (κ3) is 2.71. The quantitative estimate of drug-likeness (QED) is 0.834. The summed E-state index contributed by atoms with van der Waals surface area (Å²) >= 11 is 0. The lowest BCUT2D eigenvalue weighted by molar-refractivity contribution is -0.132. The lowest BCUT2D eigenvalue weighted by atomic mass is 9.82. The monoisotopic (exact) mass is 252 g/mol. The fraction of sp³-hybridized carbons (Fsp3) is 0.933. The van der Waals surface area contributed by atoms with Crippen molar-refractivity contribution < 1.29 is 4.79 Å². The van der Waals surface area contributed by atoms with Gasteiger partial charge >= 0.3 is 0 Å². The lowest BCUT2D eigenvalue weighted by Gasteiger charge is -2.40. The minimum atomic E-state index is 0.254. The van der Waals surface area contributed by atoms with Crippen molar-refractivity contribution in [2.75, 3.05) is 6.54 Å². The van der Waals surface area contributed by atoms with Gasteiger partial charge in [-0.15, -0.1) is 0 Å². The first kappa shape index (κ1) is 13.9. The van der Waals surface area contributed by atoms with Crippen LogP contribution in [0.3, 0.4) is 0 Å². The molecular formula is C15H28N2O. The topological polar surface area (TPSA) is 32.3 Å². The maximum Gasteiger partial charge on any atom is 0.238 e. The first-order valence-electron chi connectivity index (χ1n) is 7.69. The van der Waals surface area contributed by atoms with Crippen LogP contribution in [0.4, 0.5) is 0 Å². The SMILES string of the molecule is CCC(C1CCCCC1)N1C(=O)CNC1C(C)C. The summed E-state index contributed by atoms with van der Waals surface area (Å²) in [6.07, 6.45) is 8.06. The first-order chi connectivity index (χ1) is 8.65. The number of rotatable bonds is 4. The fourth-order valence-electron chi connectivity index (χ4n) is 3.76. The standard InChI is InChI=1S/C15H28N2O/c1-4-13(12-8-6-5-7-9-12)17-14(18)10-16-15(17)11(2)3/h11-13,15-16H,4-10H2,1-3H3. The second-order valence-corrected chi connectivity index (χ2v) is 6.24. The van der Waals surface area contributed by atoms with E-state index in [4.69, 9.17) is 0 Å². The molecule has 0 aromatic carbocycles. The average Bonchev–Trinajstić information content (AvgIpc) is 2.74. The van der Waals surface area contributed by atoms with Crippen LogP contribution in [0.5, 0.6) is 0 Å². The van der Waals surface area contributed by atoms with Gasteiger partial charge in [0.05, 0.1) is 12.7 Å². The fourth-order valence-corrected chi connectivity index (χ4v) is 3.76. The Bertz CT molecular complexity index is 284. The number of carbonyl (C=O) groups excluding carboxylic acids is 1. The molecule has 0 radical (unpaired) electrons. The van der Waals surface area contributed by atoms with Crippen LogP contribution in [0.1, 0.15) is 59.3 Å². The molecule has 0 bridgehead atoms. The predicted octanol–water partition coefficient (Wildman–Crippen LogP) is 2.76. The van der Waals surface area contributed by atoms with Crippen LogP contribution in [0.15, 0.2) is 0 Å². The molecule has 0 aromatic rings. The van der Waals surface area contributed by atoms with Crippen molar-refractivity contribution in [3.05, 3.63) is 0 Å². The van der Waals surface area contributed by atoms with Gasteiger partial charge in [-0.2, -0.15) is 0 Å². The number of nitrogens with one attached hydrogen (secondary N) is 1. The van der Waals surface area contributed by atoms with Gasteiger partial charge in [-0.05, 0) is 31.1 Å². The van der Waals surface area contributed by atoms with Gasteiger partial charge in [0.1, 0.15) is 0 Å². The van der Waals surface area contributed by atoms with Crippen molar-refractivity contribution >= 4 is 5.91 Å². The van der Waals surface area contributed by atoms with Gasteiger partial charge in [-0.3, -0.25) is 10.1 Å². The van der Waals surface area contributed by atoms with Crippen molar-refractivity contribution in [2.45, 2.75) is 71.5 Å². The summed E-state index contributed by atoms with van der Waals surface area (Å²) < 4.78 is 0. The molecule has 1 aliphatic carbocycles. The van der Waals surface area contributed by atoms with Gasteiger partial charge in [0.15, 0.2) is 0 Å². The van der Waals surface area contributed by atoms with Gasteiger partial charge in [0.2, 0.25) is 5.91 Å². The molecule has 2 rings (SSSR count). The second kappa shape index (κ2) is 6.05. The van der Waals surface area contributed by atoms with Crippen molar-refractivity contribution in [3.63, 3.8) is 0 Å². The van der Waals surface area contributed by atoms with Gasteiger partial charge in [-0.25, -0.2) is 0 Å². The van der Waals surface area contributed by atoms with Crippen molar-refractivity contribution in [3.8, 4) is 0 Å². The summed E-state index contributed by atoms with van der Waals surface area (Å²) in [5.74, 6) is 1.54. The molecule has 3 nitrogen and oxygen atoms in total. The van der Waals surface area contributed by atoms with Crippen LogP contribution in [0.2, 0.25) is 0 Å². The molecule has 18 heavy (non-hydrogen) atoms. The van der Waals surface area contributed by atoms with Crippen LogP contribution in [-0.2, 0) is 4.79 Å². The summed E-state index contributed by atoms with van der Waals surface area (Å²) in [5, 5.41) is 3.39. The smallest absolute Gasteiger partial charge is 0.238 e. The molecule has 0 spiro atoms. The maximum atomic E-state index is 12.2. The number of hydrogen-bond acceptors (Lipinski definition) is 2. The zero-order valence-electron chi connectivity index (χ0n) is 12.1. The number of carbonyl (C=O) groups is 1. The van der Waals surface area contributed by atoms with E-state index in [-0.39, 0.29) is 6.17 Å². The zero-order chi connectivity index (χ0) is 13.1. The van der Waals surface area contributed by atoms with Crippen LogP contribution in [0.25, 0.3) is 0 Å². The molecule has 3 heteroatoms. The van der Waals surface area contributed by atoms with Crippen molar-refractivity contribution in [1.29, 1.82) is 0 Å². The van der Waals surface area contributed by atoms with E-state index in [1.807, 2.05) is 0 Å². The van der Waals surface area contributed by atoms with E-state index >= 15 is 0 Å². The minimum absolute atomic E-state index is 0.254. The zero-order valence-corrected chi connectivity index (χ0v) is 12.1. The predicted molar refractivity (Wildman–Crippen MR) is 74.1 cm³/mol. The summed E-state index contributed by atoms with van der Waals surface area (Å²) in [6, 6.07) is 0.459.